The van der Waals surface area contributed by atoms with Crippen LogP contribution >= 0.6 is 12.2 Å². The van der Waals surface area contributed by atoms with E-state index in [-0.39, 0.29) is 11.5 Å². The van der Waals surface area contributed by atoms with Crippen LogP contribution in [0.1, 0.15) is 20.3 Å². The van der Waals surface area contributed by atoms with Gasteiger partial charge in [0.25, 0.3) is 10.2 Å². The molecule has 0 aromatic heterocycles. The fourth-order valence-electron chi connectivity index (χ4n) is 0.907. The smallest absolute Gasteiger partial charge is 0.277 e. The normalized spacial score (nSPS) is 15.7. The minimum absolute atomic E-state index is 0.118. The summed E-state index contributed by atoms with van der Waals surface area (Å²) in [5.74, 6) is 0. The van der Waals surface area contributed by atoms with Gasteiger partial charge in [-0.15, -0.1) is 0 Å². The SMILES string of the molecule is CCC(C)(NS(=O)(=O)NCCOC)C(N)=S. The molecular weight excluding hydrogens is 250 g/mol. The monoisotopic (exact) mass is 269 g/mol. The van der Waals surface area contributed by atoms with E-state index in [4.69, 9.17) is 22.7 Å². The van der Waals surface area contributed by atoms with Gasteiger partial charge in [0.1, 0.15) is 0 Å². The van der Waals surface area contributed by atoms with Gasteiger partial charge in [-0.2, -0.15) is 17.9 Å². The first-order valence-electron chi connectivity index (χ1n) is 4.85. The van der Waals surface area contributed by atoms with Crippen LogP contribution in [0, 0.1) is 0 Å². The summed E-state index contributed by atoms with van der Waals surface area (Å²) in [5.41, 5.74) is 4.59. The van der Waals surface area contributed by atoms with Crippen molar-refractivity contribution in [3.8, 4) is 0 Å². The lowest BCUT2D eigenvalue weighted by Crippen LogP contribution is -2.57. The van der Waals surface area contributed by atoms with Gasteiger partial charge in [0.2, 0.25) is 0 Å². The van der Waals surface area contributed by atoms with Crippen molar-refractivity contribution < 1.29 is 13.2 Å². The van der Waals surface area contributed by atoms with E-state index in [1.165, 1.54) is 7.11 Å². The Balaban J connectivity index is 4.50. The van der Waals surface area contributed by atoms with Gasteiger partial charge in [0.15, 0.2) is 0 Å². The van der Waals surface area contributed by atoms with Crippen molar-refractivity contribution in [2.75, 3.05) is 20.3 Å². The highest BCUT2D eigenvalue weighted by atomic mass is 32.2. The number of thiocarbonyl (C=S) groups is 1. The van der Waals surface area contributed by atoms with Crippen molar-refractivity contribution in [1.29, 1.82) is 0 Å². The molecule has 0 aromatic rings. The average Bonchev–Trinajstić information content (AvgIpc) is 2.16. The Morgan fingerprint density at radius 2 is 2.12 bits per heavy atom. The summed E-state index contributed by atoms with van der Waals surface area (Å²) in [5, 5.41) is 0. The highest BCUT2D eigenvalue weighted by Gasteiger charge is 2.30. The Morgan fingerprint density at radius 3 is 2.50 bits per heavy atom. The molecule has 0 spiro atoms. The molecule has 0 rings (SSSR count). The topological polar surface area (TPSA) is 93.5 Å². The molecule has 0 saturated carbocycles. The number of hydrogen-bond acceptors (Lipinski definition) is 4. The molecule has 1 unspecified atom stereocenters. The molecule has 0 amide bonds. The van der Waals surface area contributed by atoms with Crippen LogP contribution in [0.4, 0.5) is 0 Å². The van der Waals surface area contributed by atoms with Crippen molar-refractivity contribution in [1.82, 2.24) is 9.44 Å². The zero-order valence-corrected chi connectivity index (χ0v) is 11.4. The summed E-state index contributed by atoms with van der Waals surface area (Å²) in [6, 6.07) is 0. The van der Waals surface area contributed by atoms with Gasteiger partial charge in [-0.3, -0.25) is 0 Å². The summed E-state index contributed by atoms with van der Waals surface area (Å²) >= 11 is 4.83. The molecule has 0 aliphatic carbocycles. The summed E-state index contributed by atoms with van der Waals surface area (Å²) in [4.78, 5) is 0.118. The molecule has 1 atom stereocenters. The Kier molecular flexibility index (Phi) is 6.34. The zero-order valence-electron chi connectivity index (χ0n) is 9.74. The van der Waals surface area contributed by atoms with Crippen LogP contribution in [0.5, 0.6) is 0 Å². The van der Waals surface area contributed by atoms with Crippen LogP contribution in [-0.2, 0) is 14.9 Å². The molecule has 0 fully saturated rings. The molecule has 0 radical (unpaired) electrons. The van der Waals surface area contributed by atoms with Crippen LogP contribution < -0.4 is 15.2 Å². The van der Waals surface area contributed by atoms with Crippen molar-refractivity contribution in [2.45, 2.75) is 25.8 Å². The first kappa shape index (κ1) is 15.7. The molecule has 6 nitrogen and oxygen atoms in total. The maximum absolute atomic E-state index is 11.6. The first-order valence-corrected chi connectivity index (χ1v) is 6.74. The number of methoxy groups -OCH3 is 1. The predicted molar refractivity (Wildman–Crippen MR) is 67.4 cm³/mol. The zero-order chi connectivity index (χ0) is 12.8. The number of nitrogens with two attached hydrogens (primary N) is 1. The number of nitrogens with one attached hydrogen (secondary N) is 2. The quantitative estimate of drug-likeness (QED) is 0.408. The molecule has 0 bridgehead atoms. The Hall–Kier alpha value is -0.280. The standard InChI is InChI=1S/C8H19N3O3S2/c1-4-8(2,7(9)15)11-16(12,13)10-5-6-14-3/h10-11H,4-6H2,1-3H3,(H2,9,15). The third-order valence-electron chi connectivity index (χ3n) is 2.21. The van der Waals surface area contributed by atoms with Gasteiger partial charge in [-0.25, -0.2) is 0 Å². The maximum Gasteiger partial charge on any atom is 0.277 e. The van der Waals surface area contributed by atoms with Crippen molar-refractivity contribution in [3.63, 3.8) is 0 Å². The van der Waals surface area contributed by atoms with E-state index in [1.54, 1.807) is 13.8 Å². The highest BCUT2D eigenvalue weighted by Crippen LogP contribution is 2.10. The van der Waals surface area contributed by atoms with Gasteiger partial charge in [-0.1, -0.05) is 19.1 Å². The minimum Gasteiger partial charge on any atom is -0.392 e. The van der Waals surface area contributed by atoms with E-state index in [0.29, 0.717) is 13.0 Å². The van der Waals surface area contributed by atoms with Gasteiger partial charge in [0.05, 0.1) is 17.1 Å². The number of rotatable bonds is 8. The Morgan fingerprint density at radius 1 is 1.56 bits per heavy atom. The third kappa shape index (κ3) is 5.17. The lowest BCUT2D eigenvalue weighted by atomic mass is 10.0. The summed E-state index contributed by atoms with van der Waals surface area (Å²) in [6.07, 6.45) is 0.480. The first-order chi connectivity index (χ1) is 7.27. The number of ether oxygens (including phenoxy) is 1. The summed E-state index contributed by atoms with van der Waals surface area (Å²) < 4.78 is 32.7. The fourth-order valence-corrected chi connectivity index (χ4v) is 2.44. The molecule has 0 saturated heterocycles. The van der Waals surface area contributed by atoms with E-state index in [0.717, 1.165) is 0 Å². The van der Waals surface area contributed by atoms with Crippen LogP contribution in [0.15, 0.2) is 0 Å². The van der Waals surface area contributed by atoms with Crippen LogP contribution in [0.2, 0.25) is 0 Å². The van der Waals surface area contributed by atoms with Crippen LogP contribution in [-0.4, -0.2) is 39.2 Å². The Bertz CT molecular complexity index is 331. The molecule has 0 aromatic carbocycles. The lowest BCUT2D eigenvalue weighted by molar-refractivity contribution is 0.204. The Labute approximate surface area is 102 Å². The largest absolute Gasteiger partial charge is 0.392 e. The summed E-state index contributed by atoms with van der Waals surface area (Å²) in [6.45, 7) is 3.95. The average molecular weight is 269 g/mol. The van der Waals surface area contributed by atoms with Crippen molar-refractivity contribution in [2.24, 2.45) is 5.73 Å². The van der Waals surface area contributed by atoms with Crippen LogP contribution in [0.3, 0.4) is 0 Å². The van der Waals surface area contributed by atoms with E-state index < -0.39 is 15.7 Å². The van der Waals surface area contributed by atoms with Crippen molar-refractivity contribution in [3.05, 3.63) is 0 Å². The van der Waals surface area contributed by atoms with E-state index >= 15 is 0 Å². The fraction of sp³-hybridized carbons (Fsp3) is 0.875. The molecular formula is C8H19N3O3S2. The van der Waals surface area contributed by atoms with Gasteiger partial charge >= 0.3 is 0 Å². The molecule has 16 heavy (non-hydrogen) atoms. The molecule has 0 heterocycles. The predicted octanol–water partition coefficient (Wildman–Crippen LogP) is -0.488. The third-order valence-corrected chi connectivity index (χ3v) is 3.96. The van der Waals surface area contributed by atoms with E-state index in [2.05, 4.69) is 9.44 Å². The summed E-state index contributed by atoms with van der Waals surface area (Å²) in [7, 11) is -2.12. The minimum atomic E-state index is -3.62. The van der Waals surface area contributed by atoms with E-state index in [9.17, 15) is 8.42 Å². The lowest BCUT2D eigenvalue weighted by Gasteiger charge is -2.27. The van der Waals surface area contributed by atoms with Gasteiger partial charge in [-0.05, 0) is 13.3 Å². The molecule has 96 valence electrons. The van der Waals surface area contributed by atoms with Crippen molar-refractivity contribution >= 4 is 27.4 Å². The second-order valence-corrected chi connectivity index (χ2v) is 5.48. The van der Waals surface area contributed by atoms with Gasteiger partial charge < -0.3 is 10.5 Å². The van der Waals surface area contributed by atoms with Crippen LogP contribution in [0.25, 0.3) is 0 Å². The van der Waals surface area contributed by atoms with E-state index in [1.807, 2.05) is 0 Å². The second-order valence-electron chi connectivity index (χ2n) is 3.54. The highest BCUT2D eigenvalue weighted by molar-refractivity contribution is 7.87. The molecule has 8 heteroatoms. The second kappa shape index (κ2) is 6.45. The maximum atomic E-state index is 11.6. The molecule has 0 aliphatic rings. The number of hydrogen-bond donors (Lipinski definition) is 3. The molecule has 4 N–H and O–H groups in total. The molecule has 0 aliphatic heterocycles. The van der Waals surface area contributed by atoms with Gasteiger partial charge in [0, 0.05) is 13.7 Å².